The van der Waals surface area contributed by atoms with Crippen molar-refractivity contribution >= 4 is 0 Å². The van der Waals surface area contributed by atoms with Gasteiger partial charge in [-0.25, -0.2) is 0 Å². The number of hydrogen-bond donors (Lipinski definition) is 0. The van der Waals surface area contributed by atoms with E-state index in [1.807, 2.05) is 0 Å². The molecule has 2 aliphatic carbocycles. The molecule has 1 unspecified atom stereocenters. The maximum absolute atomic E-state index is 6.14. The van der Waals surface area contributed by atoms with E-state index in [2.05, 4.69) is 20.8 Å². The second-order valence-corrected chi connectivity index (χ2v) is 8.43. The summed E-state index contributed by atoms with van der Waals surface area (Å²) < 4.78 is 6.14. The van der Waals surface area contributed by atoms with Crippen LogP contribution in [0.2, 0.25) is 0 Å². The molecule has 2 fully saturated rings. The molecule has 2 aliphatic rings. The average Bonchev–Trinajstić information content (AvgIpc) is 2.60. The Kier molecular flexibility index (Phi) is 9.01. The van der Waals surface area contributed by atoms with Gasteiger partial charge in [-0.1, -0.05) is 65.7 Å². The van der Waals surface area contributed by atoms with E-state index in [0.29, 0.717) is 6.10 Å². The molecule has 2 rings (SSSR count). The Morgan fingerprint density at radius 2 is 1.52 bits per heavy atom. The van der Waals surface area contributed by atoms with E-state index < -0.39 is 0 Å². The molecule has 0 heterocycles. The quantitative estimate of drug-likeness (QED) is 0.415. The highest BCUT2D eigenvalue weighted by Gasteiger charge is 2.35. The molecule has 2 saturated carbocycles. The van der Waals surface area contributed by atoms with Crippen molar-refractivity contribution in [3.05, 3.63) is 0 Å². The lowest BCUT2D eigenvalue weighted by Gasteiger charge is -2.41. The molecule has 0 aromatic heterocycles. The molecule has 0 radical (unpaired) electrons. The van der Waals surface area contributed by atoms with Gasteiger partial charge in [0.2, 0.25) is 0 Å². The van der Waals surface area contributed by atoms with Crippen molar-refractivity contribution in [2.45, 2.75) is 110 Å². The van der Waals surface area contributed by atoms with Gasteiger partial charge in [0.15, 0.2) is 0 Å². The topological polar surface area (TPSA) is 9.23 Å². The van der Waals surface area contributed by atoms with Crippen molar-refractivity contribution in [3.8, 4) is 0 Å². The van der Waals surface area contributed by atoms with E-state index in [1.165, 1.54) is 83.5 Å². The van der Waals surface area contributed by atoms with Gasteiger partial charge in [-0.3, -0.25) is 0 Å². The third-order valence-electron chi connectivity index (χ3n) is 6.79. The molecule has 0 bridgehead atoms. The summed E-state index contributed by atoms with van der Waals surface area (Å²) in [7, 11) is 0. The van der Waals surface area contributed by atoms with Gasteiger partial charge in [0, 0.05) is 6.61 Å². The molecule has 0 aromatic rings. The molecule has 0 amide bonds. The smallest absolute Gasteiger partial charge is 0.0603 e. The zero-order valence-corrected chi connectivity index (χ0v) is 16.2. The van der Waals surface area contributed by atoms with Gasteiger partial charge >= 0.3 is 0 Å². The highest BCUT2D eigenvalue weighted by molar-refractivity contribution is 4.86. The third kappa shape index (κ3) is 6.07. The summed E-state index contributed by atoms with van der Waals surface area (Å²) in [5, 5.41) is 0. The Morgan fingerprint density at radius 1 is 0.783 bits per heavy atom. The Morgan fingerprint density at radius 3 is 2.17 bits per heavy atom. The van der Waals surface area contributed by atoms with E-state index >= 15 is 0 Å². The molecular formula is C22H42O. The summed E-state index contributed by atoms with van der Waals surface area (Å²) in [4.78, 5) is 0. The first-order chi connectivity index (χ1) is 11.3. The number of rotatable bonds is 9. The summed E-state index contributed by atoms with van der Waals surface area (Å²) >= 11 is 0. The van der Waals surface area contributed by atoms with Crippen LogP contribution in [0.15, 0.2) is 0 Å². The van der Waals surface area contributed by atoms with Crippen LogP contribution < -0.4 is 0 Å². The molecule has 1 heteroatoms. The van der Waals surface area contributed by atoms with Crippen LogP contribution in [0.3, 0.4) is 0 Å². The normalized spacial score (nSPS) is 35.3. The predicted octanol–water partition coefficient (Wildman–Crippen LogP) is 6.99. The lowest BCUT2D eigenvalue weighted by atomic mass is 9.67. The fourth-order valence-corrected chi connectivity index (χ4v) is 5.25. The average molecular weight is 323 g/mol. The Balaban J connectivity index is 1.72. The van der Waals surface area contributed by atoms with Crippen molar-refractivity contribution < 1.29 is 4.74 Å². The molecule has 0 aliphatic heterocycles. The minimum atomic E-state index is 0.571. The van der Waals surface area contributed by atoms with Gasteiger partial charge in [-0.2, -0.15) is 0 Å². The van der Waals surface area contributed by atoms with Gasteiger partial charge in [-0.15, -0.1) is 0 Å². The van der Waals surface area contributed by atoms with Crippen LogP contribution in [0.4, 0.5) is 0 Å². The lowest BCUT2D eigenvalue weighted by Crippen LogP contribution is -2.35. The molecule has 23 heavy (non-hydrogen) atoms. The number of hydrogen-bond acceptors (Lipinski definition) is 1. The maximum atomic E-state index is 6.14. The lowest BCUT2D eigenvalue weighted by molar-refractivity contribution is -0.0345. The van der Waals surface area contributed by atoms with Crippen LogP contribution in [0, 0.1) is 23.7 Å². The van der Waals surface area contributed by atoms with Crippen LogP contribution in [-0.4, -0.2) is 12.7 Å². The first-order valence-electron chi connectivity index (χ1n) is 10.9. The van der Waals surface area contributed by atoms with Crippen LogP contribution in [0.1, 0.15) is 104 Å². The summed E-state index contributed by atoms with van der Waals surface area (Å²) in [6.45, 7) is 7.89. The third-order valence-corrected chi connectivity index (χ3v) is 6.79. The summed E-state index contributed by atoms with van der Waals surface area (Å²) in [5.74, 6) is 3.95. The van der Waals surface area contributed by atoms with Gasteiger partial charge in [0.1, 0.15) is 0 Å². The fraction of sp³-hybridized carbons (Fsp3) is 1.00. The monoisotopic (exact) mass is 322 g/mol. The maximum Gasteiger partial charge on any atom is 0.0603 e. The van der Waals surface area contributed by atoms with Gasteiger partial charge in [0.05, 0.1) is 6.10 Å². The molecule has 0 spiro atoms. The molecule has 0 saturated heterocycles. The highest BCUT2D eigenvalue weighted by Crippen LogP contribution is 2.43. The summed E-state index contributed by atoms with van der Waals surface area (Å²) in [6.07, 6.45) is 19.2. The van der Waals surface area contributed by atoms with Gasteiger partial charge in [0.25, 0.3) is 0 Å². The van der Waals surface area contributed by atoms with Crippen molar-refractivity contribution in [1.82, 2.24) is 0 Å². The van der Waals surface area contributed by atoms with E-state index in [9.17, 15) is 0 Å². The van der Waals surface area contributed by atoms with Crippen LogP contribution in [-0.2, 0) is 4.74 Å². The molecule has 1 nitrogen and oxygen atoms in total. The standard InChI is InChI=1S/C22H42O/c1-4-7-8-9-18-10-12-20(13-11-18)21-14-15-22(23-16-5-2)19(6-3)17-21/h18-22H,4-17H2,1-3H3/t18?,19-,20?,21?,22-/m1/s1. The Hall–Kier alpha value is -0.0400. The minimum Gasteiger partial charge on any atom is -0.378 e. The van der Waals surface area contributed by atoms with Gasteiger partial charge in [-0.05, 0) is 62.2 Å². The summed E-state index contributed by atoms with van der Waals surface area (Å²) in [6, 6.07) is 0. The van der Waals surface area contributed by atoms with E-state index in [0.717, 1.165) is 30.3 Å². The SMILES string of the molecule is CCCCCC1CCC(C2CC[C@@H](OCCC)[C@H](CC)C2)CC1. The predicted molar refractivity (Wildman–Crippen MR) is 101 cm³/mol. The molecular weight excluding hydrogens is 280 g/mol. The van der Waals surface area contributed by atoms with Gasteiger partial charge < -0.3 is 4.74 Å². The zero-order valence-electron chi connectivity index (χ0n) is 16.2. The fourth-order valence-electron chi connectivity index (χ4n) is 5.25. The van der Waals surface area contributed by atoms with Crippen LogP contribution in [0.25, 0.3) is 0 Å². The molecule has 3 atom stereocenters. The van der Waals surface area contributed by atoms with Crippen LogP contribution in [0.5, 0.6) is 0 Å². The van der Waals surface area contributed by atoms with E-state index in [-0.39, 0.29) is 0 Å². The first-order valence-corrected chi connectivity index (χ1v) is 10.9. The summed E-state index contributed by atoms with van der Waals surface area (Å²) in [5.41, 5.74) is 0. The molecule has 136 valence electrons. The second kappa shape index (κ2) is 10.7. The first kappa shape index (κ1) is 19.3. The second-order valence-electron chi connectivity index (χ2n) is 8.43. The molecule has 0 N–H and O–H groups in total. The van der Waals surface area contributed by atoms with Crippen molar-refractivity contribution in [1.29, 1.82) is 0 Å². The number of unbranched alkanes of at least 4 members (excludes halogenated alkanes) is 2. The highest BCUT2D eigenvalue weighted by atomic mass is 16.5. The van der Waals surface area contributed by atoms with E-state index in [1.54, 1.807) is 0 Å². The van der Waals surface area contributed by atoms with Crippen molar-refractivity contribution in [3.63, 3.8) is 0 Å². The number of ether oxygens (including phenoxy) is 1. The van der Waals surface area contributed by atoms with Crippen LogP contribution >= 0.6 is 0 Å². The van der Waals surface area contributed by atoms with Crippen molar-refractivity contribution in [2.75, 3.05) is 6.61 Å². The largest absolute Gasteiger partial charge is 0.378 e. The Labute approximate surface area is 146 Å². The van der Waals surface area contributed by atoms with E-state index in [4.69, 9.17) is 4.74 Å². The minimum absolute atomic E-state index is 0.571. The van der Waals surface area contributed by atoms with Crippen molar-refractivity contribution in [2.24, 2.45) is 23.7 Å². The Bertz CT molecular complexity index is 292. The molecule has 0 aromatic carbocycles. The zero-order chi connectivity index (χ0) is 16.5.